The van der Waals surface area contributed by atoms with Crippen molar-refractivity contribution in [1.82, 2.24) is 0 Å². The van der Waals surface area contributed by atoms with Crippen molar-refractivity contribution in [3.63, 3.8) is 0 Å². The zero-order valence-electron chi connectivity index (χ0n) is 12.0. The van der Waals surface area contributed by atoms with Crippen molar-refractivity contribution in [3.05, 3.63) is 17.7 Å². The van der Waals surface area contributed by atoms with Gasteiger partial charge in [-0.3, -0.25) is 0 Å². The number of benzene rings is 1. The number of aryl methyl sites for hydroxylation is 1. The number of ether oxygens (including phenoxy) is 3. The second-order valence-electron chi connectivity index (χ2n) is 3.88. The molecule has 0 saturated heterocycles. The highest BCUT2D eigenvalue weighted by atomic mass is 16.5. The van der Waals surface area contributed by atoms with Crippen LogP contribution in [0.15, 0.2) is 12.1 Å². The van der Waals surface area contributed by atoms with Gasteiger partial charge in [0, 0.05) is 6.42 Å². The van der Waals surface area contributed by atoms with Crippen molar-refractivity contribution >= 4 is 0 Å². The van der Waals surface area contributed by atoms with Gasteiger partial charge in [-0.2, -0.15) is 0 Å². The third-order valence-electron chi connectivity index (χ3n) is 2.57. The summed E-state index contributed by atoms with van der Waals surface area (Å²) in [5.74, 6) is 4.81. The van der Waals surface area contributed by atoms with E-state index in [4.69, 9.17) is 20.6 Å². The van der Waals surface area contributed by atoms with Crippen LogP contribution in [0.1, 0.15) is 32.8 Å². The van der Waals surface area contributed by atoms with Gasteiger partial charge in [0.2, 0.25) is 5.75 Å². The Balaban J connectivity index is 3.18. The maximum absolute atomic E-state index is 5.73. The Morgan fingerprint density at radius 1 is 0.947 bits per heavy atom. The molecule has 104 valence electrons. The highest BCUT2D eigenvalue weighted by molar-refractivity contribution is 5.56. The molecule has 3 heteroatoms. The Morgan fingerprint density at radius 3 is 2.16 bits per heavy atom. The summed E-state index contributed by atoms with van der Waals surface area (Å²) in [5, 5.41) is 0. The Morgan fingerprint density at radius 2 is 1.58 bits per heavy atom. The van der Waals surface area contributed by atoms with Crippen LogP contribution in [0.2, 0.25) is 0 Å². The molecule has 0 aliphatic carbocycles. The van der Waals surface area contributed by atoms with Gasteiger partial charge in [0.1, 0.15) is 0 Å². The zero-order valence-corrected chi connectivity index (χ0v) is 12.0. The van der Waals surface area contributed by atoms with Crippen LogP contribution in [-0.4, -0.2) is 19.8 Å². The number of hydrogen-bond donors (Lipinski definition) is 0. The van der Waals surface area contributed by atoms with Crippen molar-refractivity contribution in [3.8, 4) is 29.6 Å². The molecular weight excluding hydrogens is 240 g/mol. The average Bonchev–Trinajstić information content (AvgIpc) is 2.42. The van der Waals surface area contributed by atoms with Gasteiger partial charge in [-0.15, -0.1) is 12.3 Å². The first kappa shape index (κ1) is 15.2. The quantitative estimate of drug-likeness (QED) is 0.672. The minimum absolute atomic E-state index is 0.568. The second-order valence-corrected chi connectivity index (χ2v) is 3.88. The zero-order chi connectivity index (χ0) is 14.1. The molecule has 1 aromatic carbocycles. The minimum Gasteiger partial charge on any atom is -0.490 e. The molecule has 0 radical (unpaired) electrons. The van der Waals surface area contributed by atoms with Crippen molar-refractivity contribution in [2.75, 3.05) is 19.8 Å². The molecule has 0 atom stereocenters. The summed E-state index contributed by atoms with van der Waals surface area (Å²) in [6.45, 7) is 7.59. The van der Waals surface area contributed by atoms with E-state index in [1.165, 1.54) is 0 Å². The maximum atomic E-state index is 5.73. The molecule has 0 unspecified atom stereocenters. The summed E-state index contributed by atoms with van der Waals surface area (Å²) < 4.78 is 17.0. The van der Waals surface area contributed by atoms with Gasteiger partial charge in [-0.05, 0) is 38.8 Å². The molecule has 0 saturated carbocycles. The Labute approximate surface area is 115 Å². The van der Waals surface area contributed by atoms with Crippen LogP contribution in [0.5, 0.6) is 17.2 Å². The fourth-order valence-electron chi connectivity index (χ4n) is 1.84. The predicted molar refractivity (Wildman–Crippen MR) is 77.1 cm³/mol. The lowest BCUT2D eigenvalue weighted by atomic mass is 10.1. The SMILES string of the molecule is C#CCCc1ccc(OCC)c(OCC)c1OCC. The van der Waals surface area contributed by atoms with Crippen LogP contribution in [0, 0.1) is 12.3 Å². The monoisotopic (exact) mass is 262 g/mol. The molecule has 0 fully saturated rings. The van der Waals surface area contributed by atoms with E-state index in [1.807, 2.05) is 32.9 Å². The molecule has 1 aromatic rings. The number of rotatable bonds is 8. The van der Waals surface area contributed by atoms with E-state index in [9.17, 15) is 0 Å². The lowest BCUT2D eigenvalue weighted by Crippen LogP contribution is -2.05. The van der Waals surface area contributed by atoms with Gasteiger partial charge < -0.3 is 14.2 Å². The summed E-state index contributed by atoms with van der Waals surface area (Å²) >= 11 is 0. The second kappa shape index (κ2) is 8.31. The molecular formula is C16H22O3. The smallest absolute Gasteiger partial charge is 0.203 e. The van der Waals surface area contributed by atoms with Crippen LogP contribution in [0.3, 0.4) is 0 Å². The summed E-state index contributed by atoms with van der Waals surface area (Å²) in [5.41, 5.74) is 1.06. The molecule has 0 bridgehead atoms. The van der Waals surface area contributed by atoms with Gasteiger partial charge in [-0.1, -0.05) is 6.07 Å². The first-order valence-corrected chi connectivity index (χ1v) is 6.76. The molecule has 3 nitrogen and oxygen atoms in total. The topological polar surface area (TPSA) is 27.7 Å². The van der Waals surface area contributed by atoms with Crippen molar-refractivity contribution in [2.45, 2.75) is 33.6 Å². The average molecular weight is 262 g/mol. The fraction of sp³-hybridized carbons (Fsp3) is 0.500. The van der Waals surface area contributed by atoms with E-state index >= 15 is 0 Å². The van der Waals surface area contributed by atoms with Crippen molar-refractivity contribution < 1.29 is 14.2 Å². The maximum Gasteiger partial charge on any atom is 0.203 e. The molecule has 0 heterocycles. The summed E-state index contributed by atoms with van der Waals surface area (Å²) in [6.07, 6.45) is 6.78. The minimum atomic E-state index is 0.568. The lowest BCUT2D eigenvalue weighted by molar-refractivity contribution is 0.259. The normalized spacial score (nSPS) is 9.79. The van der Waals surface area contributed by atoms with Crippen LogP contribution >= 0.6 is 0 Å². The molecule has 19 heavy (non-hydrogen) atoms. The summed E-state index contributed by atoms with van der Waals surface area (Å²) in [6, 6.07) is 3.92. The molecule has 0 N–H and O–H groups in total. The highest BCUT2D eigenvalue weighted by Gasteiger charge is 2.16. The molecule has 0 amide bonds. The van der Waals surface area contributed by atoms with Crippen LogP contribution in [0.25, 0.3) is 0 Å². The van der Waals surface area contributed by atoms with E-state index in [0.29, 0.717) is 32.0 Å². The van der Waals surface area contributed by atoms with Gasteiger partial charge in [0.15, 0.2) is 11.5 Å². The third-order valence-corrected chi connectivity index (χ3v) is 2.57. The van der Waals surface area contributed by atoms with Crippen LogP contribution in [-0.2, 0) is 6.42 Å². The Kier molecular flexibility index (Phi) is 6.67. The van der Waals surface area contributed by atoms with E-state index < -0.39 is 0 Å². The van der Waals surface area contributed by atoms with Gasteiger partial charge in [0.25, 0.3) is 0 Å². The molecule has 0 aromatic heterocycles. The Hall–Kier alpha value is -1.82. The van der Waals surface area contributed by atoms with E-state index in [1.54, 1.807) is 0 Å². The molecule has 1 rings (SSSR count). The number of hydrogen-bond acceptors (Lipinski definition) is 3. The largest absolute Gasteiger partial charge is 0.490 e. The van der Waals surface area contributed by atoms with Crippen LogP contribution < -0.4 is 14.2 Å². The van der Waals surface area contributed by atoms with E-state index in [0.717, 1.165) is 23.5 Å². The predicted octanol–water partition coefficient (Wildman–Crippen LogP) is 3.45. The van der Waals surface area contributed by atoms with Crippen LogP contribution in [0.4, 0.5) is 0 Å². The van der Waals surface area contributed by atoms with E-state index in [-0.39, 0.29) is 0 Å². The molecule has 0 spiro atoms. The standard InChI is InChI=1S/C16H22O3/c1-5-9-10-13-11-12-14(17-6-2)16(19-8-4)15(13)18-7-3/h1,11-12H,6-10H2,2-4H3. The highest BCUT2D eigenvalue weighted by Crippen LogP contribution is 2.40. The Bertz CT molecular complexity index is 432. The first-order chi connectivity index (χ1) is 9.28. The summed E-state index contributed by atoms with van der Waals surface area (Å²) in [4.78, 5) is 0. The van der Waals surface area contributed by atoms with Crippen molar-refractivity contribution in [2.24, 2.45) is 0 Å². The van der Waals surface area contributed by atoms with Gasteiger partial charge in [-0.25, -0.2) is 0 Å². The van der Waals surface area contributed by atoms with Gasteiger partial charge in [0.05, 0.1) is 19.8 Å². The first-order valence-electron chi connectivity index (χ1n) is 6.76. The summed E-state index contributed by atoms with van der Waals surface area (Å²) in [7, 11) is 0. The van der Waals surface area contributed by atoms with Crippen molar-refractivity contribution in [1.29, 1.82) is 0 Å². The van der Waals surface area contributed by atoms with Gasteiger partial charge >= 0.3 is 0 Å². The fourth-order valence-corrected chi connectivity index (χ4v) is 1.84. The third kappa shape index (κ3) is 4.10. The molecule has 0 aliphatic heterocycles. The molecule has 0 aliphatic rings. The number of terminal acetylenes is 1. The van der Waals surface area contributed by atoms with E-state index in [2.05, 4.69) is 5.92 Å². The lowest BCUT2D eigenvalue weighted by Gasteiger charge is -2.18.